The van der Waals surface area contributed by atoms with Crippen LogP contribution >= 0.6 is 15.9 Å². The molecule has 5 heteroatoms. The third-order valence-corrected chi connectivity index (χ3v) is 4.44. The smallest absolute Gasteiger partial charge is 0.255 e. The molecule has 18 heavy (non-hydrogen) atoms. The zero-order chi connectivity index (χ0) is 13.3. The number of aliphatic hydroxyl groups excluding tert-OH is 1. The van der Waals surface area contributed by atoms with Crippen molar-refractivity contribution in [1.29, 1.82) is 0 Å². The Morgan fingerprint density at radius 3 is 2.83 bits per heavy atom. The normalized spacial score (nSPS) is 23.1. The molecule has 1 aliphatic heterocycles. The van der Waals surface area contributed by atoms with Gasteiger partial charge in [-0.25, -0.2) is 0 Å². The quantitative estimate of drug-likeness (QED) is 0.861. The summed E-state index contributed by atoms with van der Waals surface area (Å²) in [6, 6.07) is 5.45. The lowest BCUT2D eigenvalue weighted by molar-refractivity contribution is 0.0580. The molecule has 2 atom stereocenters. The number of carbonyl (C=O) groups is 1. The van der Waals surface area contributed by atoms with Crippen LogP contribution in [-0.2, 0) is 0 Å². The van der Waals surface area contributed by atoms with E-state index < -0.39 is 6.10 Å². The number of halogens is 1. The van der Waals surface area contributed by atoms with E-state index in [2.05, 4.69) is 21.2 Å². The number of rotatable bonds is 2. The highest BCUT2D eigenvalue weighted by atomic mass is 79.9. The van der Waals surface area contributed by atoms with Gasteiger partial charge in [0.1, 0.15) is 0 Å². The van der Waals surface area contributed by atoms with E-state index in [1.807, 2.05) is 19.1 Å². The summed E-state index contributed by atoms with van der Waals surface area (Å²) in [4.78, 5) is 14.0. The molecule has 0 radical (unpaired) electrons. The molecule has 0 unspecified atom stereocenters. The van der Waals surface area contributed by atoms with Gasteiger partial charge in [-0.1, -0.05) is 12.1 Å². The summed E-state index contributed by atoms with van der Waals surface area (Å²) in [5.74, 6) is -0.0710. The number of nitrogens with zero attached hydrogens (tertiary/aromatic N) is 1. The number of hydrogen-bond donors (Lipinski definition) is 2. The van der Waals surface area contributed by atoms with Crippen LogP contribution in [0.3, 0.4) is 0 Å². The molecule has 1 fully saturated rings. The molecule has 0 saturated carbocycles. The summed E-state index contributed by atoms with van der Waals surface area (Å²) in [7, 11) is 1.73. The average molecular weight is 313 g/mol. The van der Waals surface area contributed by atoms with Gasteiger partial charge in [-0.15, -0.1) is 0 Å². The molecule has 1 amide bonds. The van der Waals surface area contributed by atoms with Crippen LogP contribution in [0.25, 0.3) is 0 Å². The van der Waals surface area contributed by atoms with Crippen molar-refractivity contribution in [3.8, 4) is 0 Å². The number of hydrogen-bond acceptors (Lipinski definition) is 3. The van der Waals surface area contributed by atoms with Crippen molar-refractivity contribution in [3.63, 3.8) is 0 Å². The predicted molar refractivity (Wildman–Crippen MR) is 73.6 cm³/mol. The van der Waals surface area contributed by atoms with Crippen LogP contribution in [0.15, 0.2) is 22.7 Å². The highest BCUT2D eigenvalue weighted by molar-refractivity contribution is 9.10. The monoisotopic (exact) mass is 312 g/mol. The van der Waals surface area contributed by atoms with Crippen LogP contribution in [-0.4, -0.2) is 48.2 Å². The van der Waals surface area contributed by atoms with Gasteiger partial charge >= 0.3 is 0 Å². The van der Waals surface area contributed by atoms with Crippen molar-refractivity contribution < 1.29 is 9.90 Å². The number of aliphatic hydroxyl groups is 1. The first kappa shape index (κ1) is 13.5. The first-order valence-electron chi connectivity index (χ1n) is 5.93. The van der Waals surface area contributed by atoms with Crippen molar-refractivity contribution in [2.45, 2.75) is 19.1 Å². The van der Waals surface area contributed by atoms with E-state index in [0.29, 0.717) is 18.7 Å². The maximum absolute atomic E-state index is 12.4. The molecule has 0 aliphatic carbocycles. The molecule has 0 spiro atoms. The van der Waals surface area contributed by atoms with Gasteiger partial charge in [0.25, 0.3) is 5.91 Å². The van der Waals surface area contributed by atoms with E-state index in [4.69, 9.17) is 0 Å². The van der Waals surface area contributed by atoms with E-state index in [0.717, 1.165) is 10.0 Å². The fraction of sp³-hybridized carbons (Fsp3) is 0.462. The minimum Gasteiger partial charge on any atom is -0.390 e. The van der Waals surface area contributed by atoms with Gasteiger partial charge in [-0.05, 0) is 34.5 Å². The molecule has 98 valence electrons. The summed E-state index contributed by atoms with van der Waals surface area (Å²) in [6.45, 7) is 3.12. The SMILES string of the molecule is Cc1cccc(C(=O)N(C)[C@H]2CNC[C@@H]2O)c1Br. The standard InChI is InChI=1S/C13H17BrN2O2/c1-8-4-3-5-9(12(8)14)13(18)16(2)10-6-15-7-11(10)17/h3-5,10-11,15,17H,6-7H2,1-2H3/t10-,11-/m0/s1. The molecular weight excluding hydrogens is 296 g/mol. The van der Waals surface area contributed by atoms with Gasteiger partial charge in [-0.2, -0.15) is 0 Å². The second-order valence-electron chi connectivity index (χ2n) is 4.65. The van der Waals surface area contributed by atoms with Crippen molar-refractivity contribution in [2.24, 2.45) is 0 Å². The fourth-order valence-corrected chi connectivity index (χ4v) is 2.63. The minimum atomic E-state index is -0.498. The summed E-state index contributed by atoms with van der Waals surface area (Å²) >= 11 is 3.45. The average Bonchev–Trinajstić information content (AvgIpc) is 2.77. The maximum Gasteiger partial charge on any atom is 0.255 e. The maximum atomic E-state index is 12.4. The molecule has 1 aromatic rings. The Morgan fingerprint density at radius 1 is 1.50 bits per heavy atom. The lowest BCUT2D eigenvalue weighted by atomic mass is 10.1. The lowest BCUT2D eigenvalue weighted by Crippen LogP contribution is -2.44. The van der Waals surface area contributed by atoms with Crippen molar-refractivity contribution >= 4 is 21.8 Å². The molecule has 1 saturated heterocycles. The Labute approximate surface area is 115 Å². The van der Waals surface area contributed by atoms with Crippen LogP contribution in [0.1, 0.15) is 15.9 Å². The van der Waals surface area contributed by atoms with Crippen molar-refractivity contribution in [3.05, 3.63) is 33.8 Å². The fourth-order valence-electron chi connectivity index (χ4n) is 2.20. The molecule has 1 aromatic carbocycles. The first-order valence-corrected chi connectivity index (χ1v) is 6.72. The second-order valence-corrected chi connectivity index (χ2v) is 5.44. The Bertz CT molecular complexity index is 464. The van der Waals surface area contributed by atoms with Gasteiger partial charge in [0.2, 0.25) is 0 Å². The zero-order valence-electron chi connectivity index (χ0n) is 10.5. The number of amides is 1. The molecule has 0 aromatic heterocycles. The van der Waals surface area contributed by atoms with E-state index in [1.54, 1.807) is 18.0 Å². The van der Waals surface area contributed by atoms with Crippen molar-refractivity contribution in [1.82, 2.24) is 10.2 Å². The first-order chi connectivity index (χ1) is 8.52. The number of benzene rings is 1. The van der Waals surface area contributed by atoms with Crippen LogP contribution in [0, 0.1) is 6.92 Å². The third kappa shape index (κ3) is 2.43. The number of nitrogens with one attached hydrogen (secondary N) is 1. The van der Waals surface area contributed by atoms with Crippen LogP contribution in [0.4, 0.5) is 0 Å². The van der Waals surface area contributed by atoms with E-state index in [9.17, 15) is 9.90 Å². The van der Waals surface area contributed by atoms with Gasteiger partial charge < -0.3 is 15.3 Å². The van der Waals surface area contributed by atoms with Gasteiger partial charge in [0.15, 0.2) is 0 Å². The van der Waals surface area contributed by atoms with Crippen LogP contribution < -0.4 is 5.32 Å². The third-order valence-electron chi connectivity index (χ3n) is 3.39. The summed E-state index contributed by atoms with van der Waals surface area (Å²) in [5.41, 5.74) is 1.66. The topological polar surface area (TPSA) is 52.6 Å². The molecule has 2 rings (SSSR count). The minimum absolute atomic E-state index is 0.0710. The van der Waals surface area contributed by atoms with Gasteiger partial charge in [-0.3, -0.25) is 4.79 Å². The zero-order valence-corrected chi connectivity index (χ0v) is 12.1. The van der Waals surface area contributed by atoms with Crippen LogP contribution in [0.2, 0.25) is 0 Å². The highest BCUT2D eigenvalue weighted by Crippen LogP contribution is 2.23. The predicted octanol–water partition coefficient (Wildman–Crippen LogP) is 1.16. The summed E-state index contributed by atoms with van der Waals surface area (Å²) in [6.07, 6.45) is -0.498. The Morgan fingerprint density at radius 2 is 2.22 bits per heavy atom. The largest absolute Gasteiger partial charge is 0.390 e. The number of β-amino-alcohol motifs (C(OH)–C–C–N with tert-alkyl or cyclic N) is 1. The molecule has 4 nitrogen and oxygen atoms in total. The van der Waals surface area contributed by atoms with Crippen LogP contribution in [0.5, 0.6) is 0 Å². The highest BCUT2D eigenvalue weighted by Gasteiger charge is 2.32. The van der Waals surface area contributed by atoms with E-state index >= 15 is 0 Å². The Kier molecular flexibility index (Phi) is 4.04. The second kappa shape index (κ2) is 5.38. The molecule has 0 bridgehead atoms. The van der Waals surface area contributed by atoms with E-state index in [1.165, 1.54) is 0 Å². The Hall–Kier alpha value is -0.910. The van der Waals surface area contributed by atoms with E-state index in [-0.39, 0.29) is 11.9 Å². The Balaban J connectivity index is 2.23. The molecule has 2 N–H and O–H groups in total. The molecule has 1 aliphatic rings. The summed E-state index contributed by atoms with van der Waals surface area (Å²) in [5, 5.41) is 12.9. The van der Waals surface area contributed by atoms with Gasteiger partial charge in [0.05, 0.1) is 17.7 Å². The number of carbonyl (C=O) groups excluding carboxylic acids is 1. The number of aryl methyl sites for hydroxylation is 1. The van der Waals surface area contributed by atoms with Crippen molar-refractivity contribution in [2.75, 3.05) is 20.1 Å². The molecular formula is C13H17BrN2O2. The summed E-state index contributed by atoms with van der Waals surface area (Å²) < 4.78 is 0.822. The molecule has 1 heterocycles. The van der Waals surface area contributed by atoms with Gasteiger partial charge in [0, 0.05) is 24.6 Å². The number of likely N-dealkylation sites (N-methyl/N-ethyl adjacent to an activating group) is 1. The lowest BCUT2D eigenvalue weighted by Gasteiger charge is -2.27.